The molecule has 0 aromatic heterocycles. The summed E-state index contributed by atoms with van der Waals surface area (Å²) in [5, 5.41) is 18.6. The minimum Gasteiger partial charge on any atom is -0.503 e. The number of benzene rings is 1. The fourth-order valence-corrected chi connectivity index (χ4v) is 1.57. The van der Waals surface area contributed by atoms with Gasteiger partial charge in [0.15, 0.2) is 11.5 Å². The number of phenols is 1. The third-order valence-electron chi connectivity index (χ3n) is 2.25. The Balaban J connectivity index is 3.14. The van der Waals surface area contributed by atoms with Gasteiger partial charge in [0, 0.05) is 0 Å². The second kappa shape index (κ2) is 7.22. The van der Waals surface area contributed by atoms with Crippen LogP contribution < -0.4 is 4.74 Å². The topological polar surface area (TPSA) is 79.6 Å². The van der Waals surface area contributed by atoms with Gasteiger partial charge < -0.3 is 14.6 Å². The van der Waals surface area contributed by atoms with Gasteiger partial charge in [0.2, 0.25) is 0 Å². The number of methoxy groups -OCH3 is 1. The van der Waals surface area contributed by atoms with E-state index in [0.29, 0.717) is 5.56 Å². The van der Waals surface area contributed by atoms with Gasteiger partial charge in [-0.05, 0) is 23.8 Å². The molecule has 0 atom stereocenters. The zero-order valence-electron chi connectivity index (χ0n) is 10.7. The molecule has 1 rings (SSSR count). The Bertz CT molecular complexity index is 602. The van der Waals surface area contributed by atoms with Crippen LogP contribution in [0, 0.1) is 11.3 Å². The number of carbonyl (C=O) groups excluding carboxylic acids is 1. The molecule has 5 nitrogen and oxygen atoms in total. The Morgan fingerprint density at radius 3 is 2.85 bits per heavy atom. The second-order valence-corrected chi connectivity index (χ2v) is 4.02. The third kappa shape index (κ3) is 3.77. The van der Waals surface area contributed by atoms with E-state index in [1.807, 2.05) is 0 Å². The predicted octanol–water partition coefficient (Wildman–Crippen LogP) is 2.69. The zero-order valence-corrected chi connectivity index (χ0v) is 11.5. The average Bonchev–Trinajstić information content (AvgIpc) is 2.45. The molecule has 0 aliphatic heterocycles. The number of esters is 1. The van der Waals surface area contributed by atoms with E-state index in [2.05, 4.69) is 6.58 Å². The van der Waals surface area contributed by atoms with Crippen molar-refractivity contribution in [3.63, 3.8) is 0 Å². The van der Waals surface area contributed by atoms with Gasteiger partial charge in [-0.3, -0.25) is 0 Å². The first kappa shape index (κ1) is 15.6. The van der Waals surface area contributed by atoms with Crippen molar-refractivity contribution in [2.24, 2.45) is 0 Å². The highest BCUT2D eigenvalue weighted by molar-refractivity contribution is 6.32. The van der Waals surface area contributed by atoms with E-state index in [-0.39, 0.29) is 28.7 Å². The normalized spacial score (nSPS) is 10.6. The fraction of sp³-hybridized carbons (Fsp3) is 0.143. The van der Waals surface area contributed by atoms with Crippen LogP contribution in [0.2, 0.25) is 5.02 Å². The summed E-state index contributed by atoms with van der Waals surface area (Å²) >= 11 is 5.82. The maximum Gasteiger partial charge on any atom is 0.349 e. The number of rotatable bonds is 5. The highest BCUT2D eigenvalue weighted by Crippen LogP contribution is 2.35. The Morgan fingerprint density at radius 1 is 1.60 bits per heavy atom. The highest BCUT2D eigenvalue weighted by Gasteiger charge is 2.12. The van der Waals surface area contributed by atoms with Gasteiger partial charge in [-0.1, -0.05) is 24.3 Å². The van der Waals surface area contributed by atoms with Crippen LogP contribution >= 0.6 is 11.6 Å². The van der Waals surface area contributed by atoms with Gasteiger partial charge in [-0.25, -0.2) is 4.79 Å². The van der Waals surface area contributed by atoms with E-state index in [9.17, 15) is 9.90 Å². The van der Waals surface area contributed by atoms with Crippen molar-refractivity contribution >= 4 is 23.6 Å². The molecule has 6 heteroatoms. The number of nitrogens with zero attached hydrogens (tertiary/aromatic N) is 1. The molecule has 1 aromatic rings. The number of phenolic OH excluding ortho intramolecular Hbond substituents is 1. The van der Waals surface area contributed by atoms with E-state index < -0.39 is 5.97 Å². The predicted molar refractivity (Wildman–Crippen MR) is 74.4 cm³/mol. The SMILES string of the molecule is C=CCOC(=O)/C(C#N)=C/c1cc(Cl)c(O)c(OC)c1. The molecule has 0 saturated heterocycles. The summed E-state index contributed by atoms with van der Waals surface area (Å²) in [6.07, 6.45) is 2.69. The summed E-state index contributed by atoms with van der Waals surface area (Å²) < 4.78 is 9.70. The molecule has 1 aromatic carbocycles. The summed E-state index contributed by atoms with van der Waals surface area (Å²) in [6.45, 7) is 3.42. The number of hydrogen-bond acceptors (Lipinski definition) is 5. The van der Waals surface area contributed by atoms with Gasteiger partial charge in [-0.2, -0.15) is 5.26 Å². The maximum atomic E-state index is 11.6. The molecule has 1 N–H and O–H groups in total. The van der Waals surface area contributed by atoms with Crippen LogP contribution in [0.5, 0.6) is 11.5 Å². The van der Waals surface area contributed by atoms with Crippen LogP contribution in [0.3, 0.4) is 0 Å². The van der Waals surface area contributed by atoms with E-state index in [1.54, 1.807) is 6.07 Å². The van der Waals surface area contributed by atoms with E-state index >= 15 is 0 Å². The first-order valence-corrected chi connectivity index (χ1v) is 5.87. The molecule has 0 amide bonds. The van der Waals surface area contributed by atoms with Crippen molar-refractivity contribution in [3.05, 3.63) is 40.9 Å². The summed E-state index contributed by atoms with van der Waals surface area (Å²) in [6, 6.07) is 4.58. The largest absolute Gasteiger partial charge is 0.503 e. The van der Waals surface area contributed by atoms with Gasteiger partial charge in [-0.15, -0.1) is 0 Å². The fourth-order valence-electron chi connectivity index (χ4n) is 1.35. The van der Waals surface area contributed by atoms with Crippen LogP contribution in [0.1, 0.15) is 5.56 Å². The molecule has 0 heterocycles. The number of carbonyl (C=O) groups is 1. The second-order valence-electron chi connectivity index (χ2n) is 3.61. The Morgan fingerprint density at radius 2 is 2.30 bits per heavy atom. The molecule has 0 unspecified atom stereocenters. The van der Waals surface area contributed by atoms with Crippen LogP contribution in [0.4, 0.5) is 0 Å². The summed E-state index contributed by atoms with van der Waals surface area (Å²) in [4.78, 5) is 11.6. The van der Waals surface area contributed by atoms with Crippen molar-refractivity contribution in [2.45, 2.75) is 0 Å². The standard InChI is InChI=1S/C14H12ClNO4/c1-3-4-20-14(18)10(8-16)5-9-6-11(15)13(17)12(7-9)19-2/h3,5-7,17H,1,4H2,2H3/b10-5+. The molecule has 0 aliphatic carbocycles. The number of ether oxygens (including phenoxy) is 2. The lowest BCUT2D eigenvalue weighted by molar-refractivity contribution is -0.137. The Labute approximate surface area is 121 Å². The van der Waals surface area contributed by atoms with Crippen LogP contribution in [-0.4, -0.2) is 24.8 Å². The lowest BCUT2D eigenvalue weighted by Gasteiger charge is -2.06. The molecule has 0 fully saturated rings. The van der Waals surface area contributed by atoms with E-state index in [4.69, 9.17) is 26.3 Å². The van der Waals surface area contributed by atoms with Gasteiger partial charge in [0.05, 0.1) is 12.1 Å². The monoisotopic (exact) mass is 293 g/mol. The zero-order chi connectivity index (χ0) is 15.1. The molecular weight excluding hydrogens is 282 g/mol. The number of hydrogen-bond donors (Lipinski definition) is 1. The molecule has 0 aliphatic rings. The van der Waals surface area contributed by atoms with Gasteiger partial charge in [0.1, 0.15) is 18.2 Å². The Hall–Kier alpha value is -2.45. The number of nitriles is 1. The summed E-state index contributed by atoms with van der Waals surface area (Å²) in [5.41, 5.74) is 0.229. The van der Waals surface area contributed by atoms with E-state index in [1.165, 1.54) is 31.4 Å². The summed E-state index contributed by atoms with van der Waals surface area (Å²) in [5.74, 6) is -0.838. The molecule has 0 bridgehead atoms. The van der Waals surface area contributed by atoms with Crippen molar-refractivity contribution in [3.8, 4) is 17.6 Å². The van der Waals surface area contributed by atoms with Gasteiger partial charge in [0.25, 0.3) is 0 Å². The maximum absolute atomic E-state index is 11.6. The van der Waals surface area contributed by atoms with E-state index in [0.717, 1.165) is 0 Å². The molecule has 20 heavy (non-hydrogen) atoms. The summed E-state index contributed by atoms with van der Waals surface area (Å²) in [7, 11) is 1.36. The van der Waals surface area contributed by atoms with Crippen molar-refractivity contribution in [2.75, 3.05) is 13.7 Å². The molecular formula is C14H12ClNO4. The molecule has 0 radical (unpaired) electrons. The van der Waals surface area contributed by atoms with Crippen LogP contribution in [0.25, 0.3) is 6.08 Å². The van der Waals surface area contributed by atoms with Crippen molar-refractivity contribution < 1.29 is 19.4 Å². The third-order valence-corrected chi connectivity index (χ3v) is 2.54. The van der Waals surface area contributed by atoms with Crippen molar-refractivity contribution in [1.82, 2.24) is 0 Å². The van der Waals surface area contributed by atoms with Crippen LogP contribution in [0.15, 0.2) is 30.4 Å². The van der Waals surface area contributed by atoms with Crippen molar-refractivity contribution in [1.29, 1.82) is 5.26 Å². The molecule has 0 spiro atoms. The lowest BCUT2D eigenvalue weighted by Crippen LogP contribution is -2.06. The lowest BCUT2D eigenvalue weighted by atomic mass is 10.1. The first-order valence-electron chi connectivity index (χ1n) is 5.49. The van der Waals surface area contributed by atoms with Gasteiger partial charge >= 0.3 is 5.97 Å². The first-order chi connectivity index (χ1) is 9.53. The number of halogens is 1. The smallest absolute Gasteiger partial charge is 0.349 e. The highest BCUT2D eigenvalue weighted by atomic mass is 35.5. The molecule has 104 valence electrons. The Kier molecular flexibility index (Phi) is 5.63. The minimum absolute atomic E-state index is 0.0114. The minimum atomic E-state index is -0.768. The van der Waals surface area contributed by atoms with Crippen LogP contribution in [-0.2, 0) is 9.53 Å². The molecule has 0 saturated carbocycles. The number of aromatic hydroxyl groups is 1. The quantitative estimate of drug-likeness (QED) is 0.391. The average molecular weight is 294 g/mol.